The van der Waals surface area contributed by atoms with Gasteiger partial charge in [0.1, 0.15) is 29.9 Å². The molecule has 3 atom stereocenters. The minimum Gasteiger partial charge on any atom is -0.477 e. The summed E-state index contributed by atoms with van der Waals surface area (Å²) in [5.74, 6) is -2.99. The van der Waals surface area contributed by atoms with Gasteiger partial charge in [0.25, 0.3) is 17.7 Å². The molecule has 6 N–H and O–H groups in total. The number of rotatable bonds is 7. The molecule has 0 aromatic carbocycles. The summed E-state index contributed by atoms with van der Waals surface area (Å²) in [6.45, 7) is 0. The number of carboxylic acid groups (broad SMARTS) is 1. The number of oxime groups is 1. The van der Waals surface area contributed by atoms with Crippen molar-refractivity contribution in [3.8, 4) is 0 Å². The lowest BCUT2D eigenvalue weighted by atomic mass is 10.0. The third-order valence-electron chi connectivity index (χ3n) is 5.12. The Morgan fingerprint density at radius 1 is 1.44 bits per heavy atom. The number of nitrogen functional groups attached to an aromatic ring is 1. The smallest absolute Gasteiger partial charge is 0.352 e. The van der Waals surface area contributed by atoms with E-state index in [1.54, 1.807) is 7.05 Å². The number of hydrogen-bond acceptors (Lipinski definition) is 14. The van der Waals surface area contributed by atoms with Crippen molar-refractivity contribution in [2.24, 2.45) is 10.1 Å². The number of anilines is 1. The van der Waals surface area contributed by atoms with Crippen LogP contribution in [0.4, 0.5) is 5.13 Å². The first-order chi connectivity index (χ1) is 17.1. The Bertz CT molecular complexity index is 1210. The van der Waals surface area contributed by atoms with Gasteiger partial charge in [0.15, 0.2) is 16.0 Å². The summed E-state index contributed by atoms with van der Waals surface area (Å²) < 4.78 is 0. The number of aliphatic hydroxyl groups excluding tert-OH is 1. The Labute approximate surface area is 215 Å². The van der Waals surface area contributed by atoms with Crippen LogP contribution in [0.15, 0.2) is 26.8 Å². The normalized spacial score (nSPS) is 24.2. The van der Waals surface area contributed by atoms with Crippen molar-refractivity contribution in [2.75, 3.05) is 31.4 Å². The van der Waals surface area contributed by atoms with Crippen LogP contribution >= 0.6 is 34.9 Å². The second kappa shape index (κ2) is 10.4. The molecular weight excluding hydrogens is 536 g/mol. The molecule has 3 amide bonds. The van der Waals surface area contributed by atoms with Crippen LogP contribution in [0.2, 0.25) is 0 Å². The van der Waals surface area contributed by atoms with Crippen LogP contribution in [0.1, 0.15) is 5.69 Å². The van der Waals surface area contributed by atoms with E-state index in [9.17, 15) is 29.4 Å². The Hall–Kier alpha value is -3.19. The molecule has 4 heterocycles. The van der Waals surface area contributed by atoms with Gasteiger partial charge in [-0.15, -0.1) is 23.1 Å². The summed E-state index contributed by atoms with van der Waals surface area (Å²) in [4.78, 5) is 63.1. The number of fused-ring (bicyclic) bond motifs is 1. The van der Waals surface area contributed by atoms with E-state index >= 15 is 0 Å². The number of aliphatic hydroxyl groups is 1. The molecule has 15 nitrogen and oxygen atoms in total. The minimum absolute atomic E-state index is 0.131. The van der Waals surface area contributed by atoms with Gasteiger partial charge >= 0.3 is 5.97 Å². The maximum atomic E-state index is 12.9. The first kappa shape index (κ1) is 25.9. The summed E-state index contributed by atoms with van der Waals surface area (Å²) >= 11 is 3.47. The Morgan fingerprint density at radius 3 is 2.83 bits per heavy atom. The molecule has 1 saturated heterocycles. The molecular formula is C18H20N8O7S3. The number of amides is 3. The predicted octanol–water partition coefficient (Wildman–Crippen LogP) is -1.80. The number of carbonyl (C=O) groups excluding carboxylic acids is 3. The van der Waals surface area contributed by atoms with Crippen molar-refractivity contribution in [2.45, 2.75) is 17.6 Å². The SMILES string of the molecule is CO/N=C(/C(=O)N[C@@H]1C(=O)N2C(C(=O)O)=C(CSC3=NC(=O)C(O)NN3C)CS[C@H]12)c1csc(N)n1. The van der Waals surface area contributed by atoms with Crippen LogP contribution in [0.5, 0.6) is 0 Å². The molecule has 1 unspecified atom stereocenters. The van der Waals surface area contributed by atoms with Gasteiger partial charge in [-0.1, -0.05) is 16.9 Å². The van der Waals surface area contributed by atoms with E-state index in [0.29, 0.717) is 5.57 Å². The van der Waals surface area contributed by atoms with Gasteiger partial charge in [0.2, 0.25) is 6.23 Å². The largest absolute Gasteiger partial charge is 0.477 e. The summed E-state index contributed by atoms with van der Waals surface area (Å²) in [6, 6.07) is -0.985. The fraction of sp³-hybridized carbons (Fsp3) is 0.389. The number of thioether (sulfide) groups is 2. The van der Waals surface area contributed by atoms with Gasteiger partial charge in [0, 0.05) is 23.9 Å². The predicted molar refractivity (Wildman–Crippen MR) is 132 cm³/mol. The fourth-order valence-corrected chi connectivity index (χ4v) is 6.47. The van der Waals surface area contributed by atoms with Crippen LogP contribution in [-0.4, -0.2) is 103 Å². The van der Waals surface area contributed by atoms with Gasteiger partial charge in [0.05, 0.1) is 0 Å². The van der Waals surface area contributed by atoms with Crippen LogP contribution in [-0.2, 0) is 24.0 Å². The molecule has 0 saturated carbocycles. The lowest BCUT2D eigenvalue weighted by molar-refractivity contribution is -0.150. The number of aliphatic carboxylic acids is 1. The summed E-state index contributed by atoms with van der Waals surface area (Å²) in [7, 11) is 2.80. The molecule has 3 aliphatic rings. The first-order valence-electron chi connectivity index (χ1n) is 10.1. The number of carbonyl (C=O) groups is 4. The molecule has 18 heteroatoms. The molecule has 0 aliphatic carbocycles. The quantitative estimate of drug-likeness (QED) is 0.143. The highest BCUT2D eigenvalue weighted by molar-refractivity contribution is 8.14. The van der Waals surface area contributed by atoms with Crippen molar-refractivity contribution in [3.05, 3.63) is 22.3 Å². The van der Waals surface area contributed by atoms with E-state index in [2.05, 4.69) is 25.9 Å². The fourth-order valence-electron chi connectivity index (χ4n) is 3.50. The number of hydrogen-bond donors (Lipinski definition) is 5. The monoisotopic (exact) mass is 556 g/mol. The Balaban J connectivity index is 1.48. The maximum absolute atomic E-state index is 12.9. The molecule has 0 spiro atoms. The van der Waals surface area contributed by atoms with Crippen molar-refractivity contribution < 1.29 is 34.2 Å². The molecule has 1 aromatic heterocycles. The molecule has 36 heavy (non-hydrogen) atoms. The highest BCUT2D eigenvalue weighted by atomic mass is 32.2. The summed E-state index contributed by atoms with van der Waals surface area (Å²) in [5, 5.41) is 28.3. The van der Waals surface area contributed by atoms with E-state index in [1.807, 2.05) is 0 Å². The van der Waals surface area contributed by atoms with Gasteiger partial charge in [-0.05, 0) is 5.57 Å². The van der Waals surface area contributed by atoms with Crippen molar-refractivity contribution in [3.63, 3.8) is 0 Å². The molecule has 1 aromatic rings. The zero-order valence-electron chi connectivity index (χ0n) is 18.7. The maximum Gasteiger partial charge on any atom is 0.352 e. The molecule has 3 aliphatic heterocycles. The van der Waals surface area contributed by atoms with E-state index in [1.165, 1.54) is 29.3 Å². The Kier molecular flexibility index (Phi) is 7.50. The van der Waals surface area contributed by atoms with Gasteiger partial charge in [-0.25, -0.2) is 9.78 Å². The average Bonchev–Trinajstić information content (AvgIpc) is 3.27. The molecule has 192 valence electrons. The third kappa shape index (κ3) is 4.89. The highest BCUT2D eigenvalue weighted by Crippen LogP contribution is 2.41. The molecule has 0 bridgehead atoms. The number of carboxylic acids is 1. The van der Waals surface area contributed by atoms with Gasteiger partial charge < -0.3 is 26.1 Å². The molecule has 1 fully saturated rings. The topological polar surface area (TPSA) is 212 Å². The number of thiazole rings is 1. The third-order valence-corrected chi connectivity index (χ3v) is 8.25. The first-order valence-corrected chi connectivity index (χ1v) is 13.0. The standard InChI is InChI=1S/C18H20N8O7S3/c1-25-18(22-12(28)13(29)23-25)36-4-6-3-34-15-9(14(30)26(15)10(6)16(31)32)21-11(27)8(24-33-2)7-5-35-17(19)20-7/h5,9,13,15,23,29H,3-4H2,1-2H3,(H2,19,20)(H,21,27)(H,31,32)/b24-8+/t9-,13?,15-/m1/s1. The lowest BCUT2D eigenvalue weighted by Crippen LogP contribution is -2.71. The number of hydrazine groups is 1. The average molecular weight is 557 g/mol. The van der Waals surface area contributed by atoms with Crippen LogP contribution in [0.25, 0.3) is 0 Å². The van der Waals surface area contributed by atoms with Crippen molar-refractivity contribution >= 4 is 74.6 Å². The second-order valence-electron chi connectivity index (χ2n) is 7.42. The van der Waals surface area contributed by atoms with E-state index < -0.39 is 41.3 Å². The van der Waals surface area contributed by atoms with E-state index in [-0.39, 0.29) is 38.9 Å². The number of amidine groups is 1. The highest BCUT2D eigenvalue weighted by Gasteiger charge is 2.54. The molecule has 0 radical (unpaired) electrons. The zero-order chi connectivity index (χ0) is 26.1. The van der Waals surface area contributed by atoms with Crippen LogP contribution in [0.3, 0.4) is 0 Å². The van der Waals surface area contributed by atoms with Crippen LogP contribution < -0.4 is 16.5 Å². The van der Waals surface area contributed by atoms with Crippen molar-refractivity contribution in [1.29, 1.82) is 0 Å². The molecule has 4 rings (SSSR count). The number of β-lactam (4-membered cyclic amide) rings is 1. The summed E-state index contributed by atoms with van der Waals surface area (Å²) in [6.07, 6.45) is -1.45. The number of aliphatic imine (C=N–C) groups is 1. The van der Waals surface area contributed by atoms with E-state index in [4.69, 9.17) is 10.6 Å². The number of nitrogens with one attached hydrogen (secondary N) is 2. The second-order valence-corrected chi connectivity index (χ2v) is 10.4. The zero-order valence-corrected chi connectivity index (χ0v) is 21.1. The lowest BCUT2D eigenvalue weighted by Gasteiger charge is -2.49. The number of aromatic nitrogens is 1. The summed E-state index contributed by atoms with van der Waals surface area (Å²) in [5.41, 5.74) is 8.40. The van der Waals surface area contributed by atoms with E-state index in [0.717, 1.165) is 28.0 Å². The number of nitrogens with zero attached hydrogens (tertiary/aromatic N) is 5. The van der Waals surface area contributed by atoms with Crippen molar-refractivity contribution in [1.82, 2.24) is 25.6 Å². The minimum atomic E-state index is -1.45. The van der Waals surface area contributed by atoms with Gasteiger partial charge in [-0.3, -0.25) is 24.3 Å². The number of nitrogens with two attached hydrogens (primary N) is 1. The van der Waals surface area contributed by atoms with Gasteiger partial charge in [-0.2, -0.15) is 10.4 Å². The van der Waals surface area contributed by atoms with Crippen LogP contribution in [0, 0.1) is 0 Å². The Morgan fingerprint density at radius 2 is 2.19 bits per heavy atom.